The van der Waals surface area contributed by atoms with Crippen molar-refractivity contribution in [3.63, 3.8) is 0 Å². The topological polar surface area (TPSA) is 83.2 Å². The van der Waals surface area contributed by atoms with Gasteiger partial charge in [0.15, 0.2) is 5.65 Å². The van der Waals surface area contributed by atoms with E-state index in [0.29, 0.717) is 35.3 Å². The van der Waals surface area contributed by atoms with E-state index in [2.05, 4.69) is 16.2 Å². The maximum atomic E-state index is 12.4. The summed E-state index contributed by atoms with van der Waals surface area (Å²) in [5, 5.41) is 12.2. The SMILES string of the molecule is CCc1[nH]n2c(=O)c(CC)c(COC)nc2c1C#N. The molecule has 0 unspecified atom stereocenters. The normalized spacial score (nSPS) is 10.8. The first-order valence-electron chi connectivity index (χ1n) is 6.22. The molecule has 0 radical (unpaired) electrons. The Morgan fingerprint density at radius 2 is 2.16 bits per heavy atom. The molecular formula is C13H16N4O2. The summed E-state index contributed by atoms with van der Waals surface area (Å²) >= 11 is 0. The summed E-state index contributed by atoms with van der Waals surface area (Å²) in [6.45, 7) is 4.10. The van der Waals surface area contributed by atoms with Crippen LogP contribution in [0.25, 0.3) is 5.65 Å². The maximum absolute atomic E-state index is 12.4. The van der Waals surface area contributed by atoms with E-state index in [1.165, 1.54) is 4.52 Å². The zero-order valence-electron chi connectivity index (χ0n) is 11.3. The van der Waals surface area contributed by atoms with Gasteiger partial charge >= 0.3 is 0 Å². The van der Waals surface area contributed by atoms with Crippen LogP contribution in [0, 0.1) is 11.3 Å². The number of hydrogen-bond acceptors (Lipinski definition) is 4. The molecule has 19 heavy (non-hydrogen) atoms. The third kappa shape index (κ3) is 2.02. The van der Waals surface area contributed by atoms with Crippen LogP contribution in [0.5, 0.6) is 0 Å². The molecule has 2 rings (SSSR count). The van der Waals surface area contributed by atoms with E-state index in [4.69, 9.17) is 4.74 Å². The number of nitriles is 1. The highest BCUT2D eigenvalue weighted by Crippen LogP contribution is 2.14. The average Bonchev–Trinajstić information content (AvgIpc) is 2.77. The summed E-state index contributed by atoms with van der Waals surface area (Å²) in [5.74, 6) is 0. The highest BCUT2D eigenvalue weighted by atomic mass is 16.5. The number of aromatic amines is 1. The second-order valence-electron chi connectivity index (χ2n) is 4.22. The number of H-pyrrole nitrogens is 1. The number of aromatic nitrogens is 3. The van der Waals surface area contributed by atoms with Gasteiger partial charge in [0.25, 0.3) is 5.56 Å². The molecule has 0 bridgehead atoms. The van der Waals surface area contributed by atoms with Gasteiger partial charge in [-0.05, 0) is 12.8 Å². The smallest absolute Gasteiger partial charge is 0.276 e. The third-order valence-electron chi connectivity index (χ3n) is 3.13. The van der Waals surface area contributed by atoms with E-state index in [1.54, 1.807) is 7.11 Å². The van der Waals surface area contributed by atoms with Crippen LogP contribution < -0.4 is 5.56 Å². The van der Waals surface area contributed by atoms with E-state index in [9.17, 15) is 10.1 Å². The number of hydrogen-bond donors (Lipinski definition) is 1. The molecule has 0 fully saturated rings. The van der Waals surface area contributed by atoms with Crippen molar-refractivity contribution in [1.82, 2.24) is 14.6 Å². The Bertz CT molecular complexity index is 706. The van der Waals surface area contributed by atoms with Gasteiger partial charge in [0.05, 0.1) is 18.0 Å². The Kier molecular flexibility index (Phi) is 3.67. The van der Waals surface area contributed by atoms with Gasteiger partial charge < -0.3 is 4.74 Å². The van der Waals surface area contributed by atoms with E-state index in [-0.39, 0.29) is 12.2 Å². The number of rotatable bonds is 4. The van der Waals surface area contributed by atoms with Gasteiger partial charge in [-0.2, -0.15) is 9.78 Å². The predicted octanol–water partition coefficient (Wildman–Crippen LogP) is 1.17. The Morgan fingerprint density at radius 1 is 1.42 bits per heavy atom. The van der Waals surface area contributed by atoms with Gasteiger partial charge in [-0.15, -0.1) is 0 Å². The lowest BCUT2D eigenvalue weighted by molar-refractivity contribution is 0.180. The summed E-state index contributed by atoms with van der Waals surface area (Å²) in [6.07, 6.45) is 1.22. The minimum absolute atomic E-state index is 0.157. The minimum Gasteiger partial charge on any atom is -0.378 e. The molecule has 0 spiro atoms. The zero-order valence-corrected chi connectivity index (χ0v) is 11.3. The third-order valence-corrected chi connectivity index (χ3v) is 3.13. The van der Waals surface area contributed by atoms with E-state index >= 15 is 0 Å². The number of methoxy groups -OCH3 is 1. The molecule has 2 heterocycles. The fraction of sp³-hybridized carbons (Fsp3) is 0.462. The number of aryl methyl sites for hydroxylation is 1. The molecular weight excluding hydrogens is 244 g/mol. The molecule has 2 aromatic rings. The van der Waals surface area contributed by atoms with Gasteiger partial charge in [0, 0.05) is 12.7 Å². The molecule has 1 N–H and O–H groups in total. The second-order valence-corrected chi connectivity index (χ2v) is 4.22. The molecule has 6 heteroatoms. The van der Waals surface area contributed by atoms with Crippen LogP contribution in [0.3, 0.4) is 0 Å². The van der Waals surface area contributed by atoms with Crippen molar-refractivity contribution >= 4 is 5.65 Å². The number of ether oxygens (including phenoxy) is 1. The van der Waals surface area contributed by atoms with Crippen LogP contribution in [0.1, 0.15) is 36.4 Å². The van der Waals surface area contributed by atoms with Crippen LogP contribution >= 0.6 is 0 Å². The molecule has 0 saturated carbocycles. The molecule has 100 valence electrons. The summed E-state index contributed by atoms with van der Waals surface area (Å²) < 4.78 is 6.43. The predicted molar refractivity (Wildman–Crippen MR) is 70.0 cm³/mol. The highest BCUT2D eigenvalue weighted by molar-refractivity contribution is 5.58. The maximum Gasteiger partial charge on any atom is 0.276 e. The summed E-state index contributed by atoms with van der Waals surface area (Å²) in [4.78, 5) is 16.8. The lowest BCUT2D eigenvalue weighted by atomic mass is 10.1. The molecule has 0 aromatic carbocycles. The number of nitrogens with one attached hydrogen (secondary N) is 1. The number of nitrogens with zero attached hydrogens (tertiary/aromatic N) is 3. The first kappa shape index (κ1) is 13.3. The fourth-order valence-electron chi connectivity index (χ4n) is 2.18. The monoisotopic (exact) mass is 260 g/mol. The lowest BCUT2D eigenvalue weighted by Crippen LogP contribution is -2.22. The number of fused-ring (bicyclic) bond motifs is 1. The van der Waals surface area contributed by atoms with Crippen LogP contribution in [0.4, 0.5) is 0 Å². The van der Waals surface area contributed by atoms with Gasteiger partial charge in [-0.3, -0.25) is 9.89 Å². The quantitative estimate of drug-likeness (QED) is 0.894. The lowest BCUT2D eigenvalue weighted by Gasteiger charge is -2.05. The van der Waals surface area contributed by atoms with Crippen LogP contribution in [-0.2, 0) is 24.2 Å². The van der Waals surface area contributed by atoms with E-state index in [1.807, 2.05) is 13.8 Å². The second kappa shape index (κ2) is 5.24. The van der Waals surface area contributed by atoms with Gasteiger partial charge in [0.1, 0.15) is 11.6 Å². The zero-order chi connectivity index (χ0) is 14.0. The largest absolute Gasteiger partial charge is 0.378 e. The fourth-order valence-corrected chi connectivity index (χ4v) is 2.18. The van der Waals surface area contributed by atoms with Crippen molar-refractivity contribution in [3.8, 4) is 6.07 Å². The highest BCUT2D eigenvalue weighted by Gasteiger charge is 2.17. The molecule has 0 saturated heterocycles. The Balaban J connectivity index is 2.86. The molecule has 2 aromatic heterocycles. The van der Waals surface area contributed by atoms with Crippen molar-refractivity contribution in [2.24, 2.45) is 0 Å². The molecule has 0 aliphatic heterocycles. The summed E-state index contributed by atoms with van der Waals surface area (Å²) in [7, 11) is 1.56. The van der Waals surface area contributed by atoms with Crippen molar-refractivity contribution in [2.75, 3.05) is 7.11 Å². The van der Waals surface area contributed by atoms with Crippen molar-refractivity contribution in [2.45, 2.75) is 33.3 Å². The van der Waals surface area contributed by atoms with Crippen molar-refractivity contribution in [1.29, 1.82) is 5.26 Å². The van der Waals surface area contributed by atoms with Gasteiger partial charge in [0.2, 0.25) is 0 Å². The van der Waals surface area contributed by atoms with Crippen molar-refractivity contribution < 1.29 is 4.74 Å². The molecule has 0 aliphatic carbocycles. The van der Waals surface area contributed by atoms with Crippen LogP contribution in [0.2, 0.25) is 0 Å². The van der Waals surface area contributed by atoms with Crippen LogP contribution in [0.15, 0.2) is 4.79 Å². The molecule has 0 atom stereocenters. The van der Waals surface area contributed by atoms with Gasteiger partial charge in [-0.25, -0.2) is 4.98 Å². The van der Waals surface area contributed by atoms with Crippen molar-refractivity contribution in [3.05, 3.63) is 32.9 Å². The molecule has 0 amide bonds. The Labute approximate surface area is 110 Å². The Morgan fingerprint density at radius 3 is 2.68 bits per heavy atom. The summed E-state index contributed by atoms with van der Waals surface area (Å²) in [6, 6.07) is 2.11. The molecule has 6 nitrogen and oxygen atoms in total. The first-order chi connectivity index (χ1) is 9.17. The molecule has 0 aliphatic rings. The standard InChI is InChI=1S/C13H16N4O2/c1-4-8-11(7-19-3)15-12-9(6-14)10(5-2)16-17(12)13(8)18/h16H,4-5,7H2,1-3H3. The Hall–Kier alpha value is -2.13. The van der Waals surface area contributed by atoms with E-state index in [0.717, 1.165) is 5.69 Å². The minimum atomic E-state index is -0.157. The van der Waals surface area contributed by atoms with Gasteiger partial charge in [-0.1, -0.05) is 13.8 Å². The van der Waals surface area contributed by atoms with Crippen LogP contribution in [-0.4, -0.2) is 21.7 Å². The summed E-state index contributed by atoms with van der Waals surface area (Å²) in [5.41, 5.74) is 2.61. The average molecular weight is 260 g/mol. The first-order valence-corrected chi connectivity index (χ1v) is 6.22. The van der Waals surface area contributed by atoms with E-state index < -0.39 is 0 Å².